The Morgan fingerprint density at radius 2 is 2.25 bits per heavy atom. The van der Waals surface area contributed by atoms with Gasteiger partial charge in [0, 0.05) is 19.4 Å². The number of aromatic nitrogens is 4. The van der Waals surface area contributed by atoms with E-state index in [4.69, 9.17) is 0 Å². The summed E-state index contributed by atoms with van der Waals surface area (Å²) in [6, 6.07) is 1.71. The van der Waals surface area contributed by atoms with E-state index in [-0.39, 0.29) is 5.91 Å². The number of nitrogens with one attached hydrogen (secondary N) is 1. The summed E-state index contributed by atoms with van der Waals surface area (Å²) in [5.41, 5.74) is 1.29. The Kier molecular flexibility index (Phi) is 2.63. The minimum Gasteiger partial charge on any atom is -0.304 e. The molecule has 0 saturated carbocycles. The van der Waals surface area contributed by atoms with Crippen LogP contribution in [0.25, 0.3) is 0 Å². The molecule has 2 aromatic rings. The van der Waals surface area contributed by atoms with Crippen LogP contribution >= 0.6 is 0 Å². The van der Waals surface area contributed by atoms with Crippen LogP contribution in [-0.2, 0) is 7.05 Å². The summed E-state index contributed by atoms with van der Waals surface area (Å²) in [6.45, 7) is 1.83. The smallest absolute Gasteiger partial charge is 0.275 e. The molecule has 0 atom stereocenters. The first-order valence-electron chi connectivity index (χ1n) is 4.75. The van der Waals surface area contributed by atoms with E-state index < -0.39 is 0 Å². The molecule has 0 spiro atoms. The van der Waals surface area contributed by atoms with Crippen LogP contribution in [-0.4, -0.2) is 25.7 Å². The van der Waals surface area contributed by atoms with Crippen molar-refractivity contribution in [1.82, 2.24) is 19.7 Å². The Labute approximate surface area is 92.3 Å². The van der Waals surface area contributed by atoms with E-state index in [2.05, 4.69) is 20.4 Å². The van der Waals surface area contributed by atoms with Gasteiger partial charge in [-0.05, 0) is 13.0 Å². The molecule has 2 rings (SSSR count). The fraction of sp³-hybridized carbons (Fsp3) is 0.200. The lowest BCUT2D eigenvalue weighted by molar-refractivity contribution is 0.101. The van der Waals surface area contributed by atoms with Crippen LogP contribution in [0.2, 0.25) is 0 Å². The lowest BCUT2D eigenvalue weighted by Gasteiger charge is -2.02. The van der Waals surface area contributed by atoms with Gasteiger partial charge < -0.3 is 5.32 Å². The molecule has 6 heteroatoms. The predicted molar refractivity (Wildman–Crippen MR) is 57.9 cm³/mol. The summed E-state index contributed by atoms with van der Waals surface area (Å²) in [4.78, 5) is 19.6. The number of carbonyl (C=O) groups excluding carboxylic acids is 1. The van der Waals surface area contributed by atoms with Gasteiger partial charge in [-0.15, -0.1) is 0 Å². The molecule has 0 aliphatic carbocycles. The van der Waals surface area contributed by atoms with E-state index in [0.717, 1.165) is 5.69 Å². The standard InChI is InChI=1S/C10H11N5O/c1-7-5-8(15(2)14-7)10(16)13-9-6-11-3-4-12-9/h3-6H,1-2H3,(H,12,13,16). The maximum Gasteiger partial charge on any atom is 0.275 e. The van der Waals surface area contributed by atoms with E-state index in [0.29, 0.717) is 11.5 Å². The number of hydrogen-bond donors (Lipinski definition) is 1. The third-order valence-electron chi connectivity index (χ3n) is 2.04. The SMILES string of the molecule is Cc1cc(C(=O)Nc2cnccn2)n(C)n1. The zero-order chi connectivity index (χ0) is 11.5. The van der Waals surface area contributed by atoms with E-state index >= 15 is 0 Å². The van der Waals surface area contributed by atoms with Crippen molar-refractivity contribution in [3.8, 4) is 0 Å². The summed E-state index contributed by atoms with van der Waals surface area (Å²) in [7, 11) is 1.72. The third kappa shape index (κ3) is 2.05. The highest BCUT2D eigenvalue weighted by Gasteiger charge is 2.12. The van der Waals surface area contributed by atoms with Gasteiger partial charge in [0.05, 0.1) is 11.9 Å². The molecule has 0 radical (unpaired) electrons. The first kappa shape index (κ1) is 10.3. The van der Waals surface area contributed by atoms with E-state index in [9.17, 15) is 4.79 Å². The lowest BCUT2D eigenvalue weighted by Crippen LogP contribution is -2.16. The first-order valence-corrected chi connectivity index (χ1v) is 4.75. The molecule has 1 N–H and O–H groups in total. The van der Waals surface area contributed by atoms with Crippen LogP contribution in [0.4, 0.5) is 5.82 Å². The van der Waals surface area contributed by atoms with Crippen molar-refractivity contribution in [2.75, 3.05) is 5.32 Å². The molecule has 82 valence electrons. The number of carbonyl (C=O) groups is 1. The van der Waals surface area contributed by atoms with Gasteiger partial charge in [-0.2, -0.15) is 5.10 Å². The maximum absolute atomic E-state index is 11.8. The largest absolute Gasteiger partial charge is 0.304 e. The predicted octanol–water partition coefficient (Wildman–Crippen LogP) is 0.771. The molecule has 0 saturated heterocycles. The van der Waals surface area contributed by atoms with Crippen LogP contribution in [0.5, 0.6) is 0 Å². The fourth-order valence-corrected chi connectivity index (χ4v) is 1.37. The molecular weight excluding hydrogens is 206 g/mol. The zero-order valence-corrected chi connectivity index (χ0v) is 9.01. The number of amides is 1. The van der Waals surface area contributed by atoms with Gasteiger partial charge in [-0.25, -0.2) is 4.98 Å². The second-order valence-electron chi connectivity index (χ2n) is 3.34. The Morgan fingerprint density at radius 3 is 2.81 bits per heavy atom. The van der Waals surface area contributed by atoms with Crippen molar-refractivity contribution in [1.29, 1.82) is 0 Å². The molecule has 2 aromatic heterocycles. The molecule has 0 fully saturated rings. The molecule has 0 aliphatic heterocycles. The normalized spacial score (nSPS) is 10.1. The average Bonchev–Trinajstić information content (AvgIpc) is 2.59. The summed E-state index contributed by atoms with van der Waals surface area (Å²) in [6.07, 6.45) is 4.55. The van der Waals surface area contributed by atoms with Gasteiger partial charge in [0.15, 0.2) is 5.82 Å². The Morgan fingerprint density at radius 1 is 1.44 bits per heavy atom. The number of aryl methyl sites for hydroxylation is 2. The summed E-state index contributed by atoms with van der Waals surface area (Å²) >= 11 is 0. The second-order valence-corrected chi connectivity index (χ2v) is 3.34. The minimum absolute atomic E-state index is 0.247. The summed E-state index contributed by atoms with van der Waals surface area (Å²) in [5, 5.41) is 6.73. The van der Waals surface area contributed by atoms with E-state index in [1.54, 1.807) is 19.3 Å². The van der Waals surface area contributed by atoms with Gasteiger partial charge in [0.2, 0.25) is 0 Å². The molecule has 16 heavy (non-hydrogen) atoms. The maximum atomic E-state index is 11.8. The molecule has 1 amide bonds. The number of hydrogen-bond acceptors (Lipinski definition) is 4. The molecule has 0 unspecified atom stereocenters. The highest BCUT2D eigenvalue weighted by Crippen LogP contribution is 2.05. The highest BCUT2D eigenvalue weighted by atomic mass is 16.2. The summed E-state index contributed by atoms with van der Waals surface area (Å²) < 4.78 is 1.53. The van der Waals surface area contributed by atoms with Gasteiger partial charge in [-0.3, -0.25) is 14.5 Å². The lowest BCUT2D eigenvalue weighted by atomic mass is 10.3. The van der Waals surface area contributed by atoms with E-state index in [1.165, 1.54) is 17.1 Å². The van der Waals surface area contributed by atoms with Crippen LogP contribution in [0.3, 0.4) is 0 Å². The molecule has 6 nitrogen and oxygen atoms in total. The van der Waals surface area contributed by atoms with Gasteiger partial charge in [-0.1, -0.05) is 0 Å². The number of anilines is 1. The summed E-state index contributed by atoms with van der Waals surface area (Å²) in [5.74, 6) is 0.176. The molecule has 2 heterocycles. The monoisotopic (exact) mass is 217 g/mol. The number of rotatable bonds is 2. The Bertz CT molecular complexity index is 505. The van der Waals surface area contributed by atoms with Crippen molar-refractivity contribution in [2.24, 2.45) is 7.05 Å². The number of nitrogens with zero attached hydrogens (tertiary/aromatic N) is 4. The van der Waals surface area contributed by atoms with Crippen molar-refractivity contribution >= 4 is 11.7 Å². The molecule has 0 bridgehead atoms. The zero-order valence-electron chi connectivity index (χ0n) is 9.01. The second kappa shape index (κ2) is 4.09. The van der Waals surface area contributed by atoms with Crippen molar-refractivity contribution in [2.45, 2.75) is 6.92 Å². The van der Waals surface area contributed by atoms with E-state index in [1.807, 2.05) is 6.92 Å². The average molecular weight is 217 g/mol. The van der Waals surface area contributed by atoms with Gasteiger partial charge in [0.25, 0.3) is 5.91 Å². The highest BCUT2D eigenvalue weighted by molar-refractivity contribution is 6.02. The third-order valence-corrected chi connectivity index (χ3v) is 2.04. The van der Waals surface area contributed by atoms with Crippen LogP contribution in [0.15, 0.2) is 24.7 Å². The van der Waals surface area contributed by atoms with Crippen molar-refractivity contribution in [3.05, 3.63) is 36.0 Å². The van der Waals surface area contributed by atoms with Gasteiger partial charge >= 0.3 is 0 Å². The molecule has 0 aromatic carbocycles. The Balaban J connectivity index is 2.18. The van der Waals surface area contributed by atoms with Gasteiger partial charge in [0.1, 0.15) is 5.69 Å². The first-order chi connectivity index (χ1) is 7.66. The topological polar surface area (TPSA) is 72.7 Å². The minimum atomic E-state index is -0.247. The van der Waals surface area contributed by atoms with Crippen molar-refractivity contribution < 1.29 is 4.79 Å². The van der Waals surface area contributed by atoms with Crippen molar-refractivity contribution in [3.63, 3.8) is 0 Å². The van der Waals surface area contributed by atoms with Crippen LogP contribution < -0.4 is 5.32 Å². The molecular formula is C10H11N5O. The van der Waals surface area contributed by atoms with Crippen LogP contribution in [0.1, 0.15) is 16.2 Å². The van der Waals surface area contributed by atoms with Crippen LogP contribution in [0, 0.1) is 6.92 Å². The Hall–Kier alpha value is -2.24. The fourth-order valence-electron chi connectivity index (χ4n) is 1.37. The molecule has 0 aliphatic rings. The quantitative estimate of drug-likeness (QED) is 0.806.